The number of amides is 2. The normalized spacial score (nSPS) is 21.3. The molecule has 4 heterocycles. The van der Waals surface area contributed by atoms with E-state index < -0.39 is 11.9 Å². The fourth-order valence-electron chi connectivity index (χ4n) is 2.98. The highest BCUT2D eigenvalue weighted by atomic mass is 32.2. The van der Waals surface area contributed by atoms with Crippen molar-refractivity contribution >= 4 is 63.2 Å². The standard InChI is InChI=1S/C18H18N6O3S3/c1-9-12(30-8-20-9)4-3-10-5-24-16(26)14(17(24)28-6-10)22-15(25)13(23-27-2)11-7-29-18(19)21-11/h3-5,7-8,14,17H,6H2,1-2H3,(H2,19,21)(H,22,25)/t14-,17-/m1/s1. The lowest BCUT2D eigenvalue weighted by atomic mass is 10.1. The van der Waals surface area contributed by atoms with E-state index in [0.29, 0.717) is 10.8 Å². The highest BCUT2D eigenvalue weighted by Crippen LogP contribution is 2.36. The van der Waals surface area contributed by atoms with E-state index in [-0.39, 0.29) is 17.0 Å². The van der Waals surface area contributed by atoms with Gasteiger partial charge in [0.25, 0.3) is 11.8 Å². The Morgan fingerprint density at radius 2 is 2.27 bits per heavy atom. The number of nitrogens with two attached hydrogens (primary N) is 1. The van der Waals surface area contributed by atoms with E-state index >= 15 is 0 Å². The molecule has 0 radical (unpaired) electrons. The largest absolute Gasteiger partial charge is 0.398 e. The molecule has 3 N–H and O–H groups in total. The summed E-state index contributed by atoms with van der Waals surface area (Å²) in [6.45, 7) is 1.96. The number of allylic oxidation sites excluding steroid dienone is 1. The van der Waals surface area contributed by atoms with Gasteiger partial charge in [-0.05, 0) is 18.6 Å². The molecule has 2 atom stereocenters. The highest BCUT2D eigenvalue weighted by Gasteiger charge is 2.49. The number of nitrogen functional groups attached to an aromatic ring is 1. The van der Waals surface area contributed by atoms with Gasteiger partial charge in [0.1, 0.15) is 24.2 Å². The van der Waals surface area contributed by atoms with Crippen LogP contribution in [0.2, 0.25) is 0 Å². The monoisotopic (exact) mass is 462 g/mol. The molecule has 2 aromatic heterocycles. The van der Waals surface area contributed by atoms with Gasteiger partial charge < -0.3 is 20.8 Å². The van der Waals surface area contributed by atoms with Gasteiger partial charge in [0.05, 0.1) is 11.2 Å². The maximum absolute atomic E-state index is 12.7. The molecule has 2 aliphatic rings. The van der Waals surface area contributed by atoms with Gasteiger partial charge in [0.2, 0.25) is 0 Å². The molecule has 0 spiro atoms. The van der Waals surface area contributed by atoms with Crippen molar-refractivity contribution < 1.29 is 14.4 Å². The van der Waals surface area contributed by atoms with Crippen LogP contribution in [0.25, 0.3) is 6.08 Å². The average molecular weight is 463 g/mol. The zero-order valence-corrected chi connectivity index (χ0v) is 18.5. The summed E-state index contributed by atoms with van der Waals surface area (Å²) >= 11 is 4.36. The van der Waals surface area contributed by atoms with Gasteiger partial charge in [0.15, 0.2) is 10.8 Å². The molecular formula is C18H18N6O3S3. The topological polar surface area (TPSA) is 123 Å². The Kier molecular flexibility index (Phi) is 5.88. The first-order chi connectivity index (χ1) is 14.5. The highest BCUT2D eigenvalue weighted by molar-refractivity contribution is 8.00. The Hall–Kier alpha value is -2.70. The number of thioether (sulfide) groups is 1. The molecule has 0 saturated carbocycles. The van der Waals surface area contributed by atoms with Gasteiger partial charge in [-0.25, -0.2) is 9.97 Å². The number of thiazole rings is 2. The Labute approximate surface area is 184 Å². The Morgan fingerprint density at radius 1 is 1.43 bits per heavy atom. The van der Waals surface area contributed by atoms with Crippen molar-refractivity contribution in [3.63, 3.8) is 0 Å². The van der Waals surface area contributed by atoms with E-state index in [0.717, 1.165) is 21.9 Å². The average Bonchev–Trinajstić information content (AvgIpc) is 3.36. The van der Waals surface area contributed by atoms with Crippen molar-refractivity contribution in [1.29, 1.82) is 0 Å². The number of fused-ring (bicyclic) bond motifs is 1. The van der Waals surface area contributed by atoms with Crippen LogP contribution in [-0.4, -0.2) is 56.7 Å². The van der Waals surface area contributed by atoms with E-state index in [1.54, 1.807) is 33.4 Å². The van der Waals surface area contributed by atoms with E-state index in [9.17, 15) is 9.59 Å². The Morgan fingerprint density at radius 3 is 2.93 bits per heavy atom. The van der Waals surface area contributed by atoms with Crippen LogP contribution in [0.15, 0.2) is 33.9 Å². The van der Waals surface area contributed by atoms with Gasteiger partial charge in [0, 0.05) is 22.2 Å². The second kappa shape index (κ2) is 8.58. The predicted molar refractivity (Wildman–Crippen MR) is 119 cm³/mol. The third-order valence-corrected chi connectivity index (χ3v) is 7.40. The van der Waals surface area contributed by atoms with Crippen molar-refractivity contribution in [1.82, 2.24) is 20.2 Å². The molecule has 9 nitrogen and oxygen atoms in total. The van der Waals surface area contributed by atoms with Crippen LogP contribution in [0.1, 0.15) is 16.3 Å². The number of nitrogens with zero attached hydrogens (tertiary/aromatic N) is 4. The number of rotatable bonds is 6. The molecule has 1 saturated heterocycles. The van der Waals surface area contributed by atoms with Crippen LogP contribution in [0.4, 0.5) is 5.13 Å². The van der Waals surface area contributed by atoms with Crippen LogP contribution in [-0.2, 0) is 14.4 Å². The first-order valence-corrected chi connectivity index (χ1v) is 11.6. The minimum Gasteiger partial charge on any atom is -0.398 e. The van der Waals surface area contributed by atoms with Gasteiger partial charge in [-0.1, -0.05) is 11.2 Å². The number of hydrogen-bond acceptors (Lipinski definition) is 10. The molecule has 2 aliphatic heterocycles. The molecule has 1 fully saturated rings. The van der Waals surface area contributed by atoms with E-state index in [4.69, 9.17) is 10.6 Å². The van der Waals surface area contributed by atoms with Crippen molar-refractivity contribution in [3.05, 3.63) is 45.0 Å². The smallest absolute Gasteiger partial charge is 0.276 e. The van der Waals surface area contributed by atoms with Crippen molar-refractivity contribution in [2.75, 3.05) is 18.6 Å². The second-order valence-electron chi connectivity index (χ2n) is 6.43. The van der Waals surface area contributed by atoms with Crippen LogP contribution in [0, 0.1) is 6.92 Å². The van der Waals surface area contributed by atoms with Crippen LogP contribution in [0.5, 0.6) is 0 Å². The van der Waals surface area contributed by atoms with Crippen LogP contribution < -0.4 is 11.1 Å². The number of oxime groups is 1. The van der Waals surface area contributed by atoms with Crippen molar-refractivity contribution in [2.24, 2.45) is 5.16 Å². The fourth-order valence-corrected chi connectivity index (χ4v) is 5.46. The summed E-state index contributed by atoms with van der Waals surface area (Å²) in [5.74, 6) is 0.0302. The van der Waals surface area contributed by atoms with E-state index in [1.165, 1.54) is 18.4 Å². The Bertz CT molecular complexity index is 1070. The quantitative estimate of drug-likeness (QED) is 0.381. The number of nitrogens with one attached hydrogen (secondary N) is 1. The molecule has 30 heavy (non-hydrogen) atoms. The first-order valence-electron chi connectivity index (χ1n) is 8.84. The molecule has 0 unspecified atom stereocenters. The molecule has 0 bridgehead atoms. The van der Waals surface area contributed by atoms with Gasteiger partial charge in [-0.3, -0.25) is 9.59 Å². The van der Waals surface area contributed by atoms with Crippen LogP contribution in [0.3, 0.4) is 0 Å². The zero-order valence-electron chi connectivity index (χ0n) is 16.1. The number of hydrogen-bond donors (Lipinski definition) is 2. The molecule has 2 aromatic rings. The molecular weight excluding hydrogens is 444 g/mol. The number of aromatic nitrogens is 2. The maximum Gasteiger partial charge on any atom is 0.276 e. The Balaban J connectivity index is 1.42. The number of aryl methyl sites for hydroxylation is 1. The second-order valence-corrected chi connectivity index (χ2v) is 9.31. The van der Waals surface area contributed by atoms with Crippen molar-refractivity contribution in [3.8, 4) is 0 Å². The lowest BCUT2D eigenvalue weighted by molar-refractivity contribution is -0.143. The summed E-state index contributed by atoms with van der Waals surface area (Å²) in [5.41, 5.74) is 9.75. The van der Waals surface area contributed by atoms with Crippen LogP contribution >= 0.6 is 34.4 Å². The number of β-lactam (4-membered cyclic amide) rings is 1. The maximum atomic E-state index is 12.7. The van der Waals surface area contributed by atoms with E-state index in [2.05, 4.69) is 20.4 Å². The summed E-state index contributed by atoms with van der Waals surface area (Å²) in [6.07, 6.45) is 5.85. The summed E-state index contributed by atoms with van der Waals surface area (Å²) < 4.78 is 0. The van der Waals surface area contributed by atoms with Gasteiger partial charge in [-0.15, -0.1) is 34.4 Å². The summed E-state index contributed by atoms with van der Waals surface area (Å²) in [6, 6.07) is -0.633. The number of carbonyl (C=O) groups excluding carboxylic acids is 2. The molecule has 156 valence electrons. The first kappa shape index (κ1) is 20.6. The number of carbonyl (C=O) groups is 2. The fraction of sp³-hybridized carbons (Fsp3) is 0.278. The summed E-state index contributed by atoms with van der Waals surface area (Å²) in [7, 11) is 1.34. The third kappa shape index (κ3) is 3.98. The van der Waals surface area contributed by atoms with E-state index in [1.807, 2.05) is 30.8 Å². The molecule has 4 rings (SSSR count). The molecule has 2 amide bonds. The third-order valence-electron chi connectivity index (χ3n) is 4.49. The minimum atomic E-state index is -0.633. The molecule has 0 aromatic carbocycles. The minimum absolute atomic E-state index is 0.0170. The van der Waals surface area contributed by atoms with Gasteiger partial charge >= 0.3 is 0 Å². The van der Waals surface area contributed by atoms with Gasteiger partial charge in [-0.2, -0.15) is 0 Å². The SMILES string of the molecule is CON=C(C(=O)N[C@@H]1C(=O)N2C=C(C=Cc3scnc3C)CS[C@H]12)c1csc(N)n1. The van der Waals surface area contributed by atoms with Crippen molar-refractivity contribution in [2.45, 2.75) is 18.3 Å². The predicted octanol–water partition coefficient (Wildman–Crippen LogP) is 1.84. The lowest BCUT2D eigenvalue weighted by Crippen LogP contribution is -2.69. The molecule has 12 heteroatoms. The lowest BCUT2D eigenvalue weighted by Gasteiger charge is -2.47. The molecule has 0 aliphatic carbocycles. The summed E-state index contributed by atoms with van der Waals surface area (Å²) in [4.78, 5) is 41.1. The zero-order chi connectivity index (χ0) is 21.3. The summed E-state index contributed by atoms with van der Waals surface area (Å²) in [5, 5.41) is 8.26. The number of anilines is 1.